The van der Waals surface area contributed by atoms with Gasteiger partial charge >= 0.3 is 0 Å². The molecule has 6 aromatic rings. The van der Waals surface area contributed by atoms with E-state index < -0.39 is 0 Å². The van der Waals surface area contributed by atoms with E-state index in [-0.39, 0.29) is 23.6 Å². The molecule has 0 spiro atoms. The molecule has 0 aliphatic rings. The van der Waals surface area contributed by atoms with Crippen LogP contribution in [0.5, 0.6) is 0 Å². The Bertz CT molecular complexity index is 2180. The average Bonchev–Trinajstić information content (AvgIpc) is 3.99. The third-order valence-corrected chi connectivity index (χ3v) is 8.95. The van der Waals surface area contributed by atoms with E-state index in [1.54, 1.807) is 36.1 Å². The van der Waals surface area contributed by atoms with E-state index in [2.05, 4.69) is 51.7 Å². The van der Waals surface area contributed by atoms with Crippen LogP contribution in [0.2, 0.25) is 0 Å². The van der Waals surface area contributed by atoms with Crippen molar-refractivity contribution in [3.05, 3.63) is 107 Å². The summed E-state index contributed by atoms with van der Waals surface area (Å²) in [6, 6.07) is 22.2. The molecule has 0 saturated carbocycles. The summed E-state index contributed by atoms with van der Waals surface area (Å²) in [5.74, 6) is -1.13. The number of benzene rings is 2. The van der Waals surface area contributed by atoms with Gasteiger partial charge in [-0.15, -0.1) is 11.3 Å². The van der Waals surface area contributed by atoms with E-state index in [0.717, 1.165) is 21.6 Å². The quantitative estimate of drug-likeness (QED) is 0.0861. The van der Waals surface area contributed by atoms with Crippen LogP contribution in [0.3, 0.4) is 0 Å². The Hall–Kier alpha value is -6.42. The molecular weight excluding hydrogens is 683 g/mol. The predicted octanol–water partition coefficient (Wildman–Crippen LogP) is 3.73. The van der Waals surface area contributed by atoms with Crippen molar-refractivity contribution in [2.45, 2.75) is 19.8 Å². The van der Waals surface area contributed by atoms with Crippen molar-refractivity contribution in [3.8, 4) is 33.1 Å². The summed E-state index contributed by atoms with van der Waals surface area (Å²) in [4.78, 5) is 55.7. The van der Waals surface area contributed by atoms with E-state index in [1.807, 2.05) is 61.5 Å². The molecule has 0 radical (unpaired) electrons. The lowest BCUT2D eigenvalue weighted by atomic mass is 10.1. The summed E-state index contributed by atoms with van der Waals surface area (Å²) in [5, 5.41) is 30.2. The van der Waals surface area contributed by atoms with Gasteiger partial charge in [0.1, 0.15) is 27.8 Å². The molecule has 0 bridgehead atoms. The second-order valence-corrected chi connectivity index (χ2v) is 13.0. The molecule has 4 aromatic heterocycles. The van der Waals surface area contributed by atoms with Crippen LogP contribution in [0.4, 0.5) is 0 Å². The number of hydrogen-bond donors (Lipinski definition) is 6. The van der Waals surface area contributed by atoms with Gasteiger partial charge in [0.2, 0.25) is 0 Å². The zero-order chi connectivity index (χ0) is 36.5. The monoisotopic (exact) mass is 719 g/mol. The van der Waals surface area contributed by atoms with Crippen molar-refractivity contribution >= 4 is 35.0 Å². The number of nitrogens with zero attached hydrogens (tertiary/aromatic N) is 5. The summed E-state index contributed by atoms with van der Waals surface area (Å²) < 4.78 is 1.56. The van der Waals surface area contributed by atoms with Gasteiger partial charge in [0.05, 0.1) is 11.4 Å². The molecule has 52 heavy (non-hydrogen) atoms. The molecule has 15 nitrogen and oxygen atoms in total. The number of amides is 4. The zero-order valence-corrected chi connectivity index (χ0v) is 29.3. The van der Waals surface area contributed by atoms with Crippen LogP contribution in [0.25, 0.3) is 33.1 Å². The van der Waals surface area contributed by atoms with Crippen LogP contribution in [-0.2, 0) is 7.05 Å². The molecule has 4 heterocycles. The molecular formula is C36H37N11O4S. The third kappa shape index (κ3) is 8.83. The number of aryl methyl sites for hydroxylation is 2. The highest BCUT2D eigenvalue weighted by atomic mass is 32.1. The van der Waals surface area contributed by atoms with Gasteiger partial charge in [0.15, 0.2) is 0 Å². The van der Waals surface area contributed by atoms with Crippen LogP contribution >= 0.6 is 11.3 Å². The second kappa shape index (κ2) is 16.5. The minimum absolute atomic E-state index is 0.265. The molecule has 16 heteroatoms. The van der Waals surface area contributed by atoms with Gasteiger partial charge in [-0.2, -0.15) is 15.3 Å². The van der Waals surface area contributed by atoms with Crippen LogP contribution in [0.1, 0.15) is 59.7 Å². The fraction of sp³-hybridized carbons (Fsp3) is 0.222. The van der Waals surface area contributed by atoms with Gasteiger partial charge in [-0.3, -0.25) is 34.1 Å². The number of rotatable bonds is 15. The number of nitrogens with one attached hydrogen (secondary N) is 6. The van der Waals surface area contributed by atoms with Crippen LogP contribution in [0.15, 0.2) is 79.0 Å². The maximum Gasteiger partial charge on any atom is 0.271 e. The van der Waals surface area contributed by atoms with Crippen molar-refractivity contribution in [3.63, 3.8) is 0 Å². The molecule has 0 atom stereocenters. The maximum atomic E-state index is 13.0. The topological polar surface area (TPSA) is 204 Å². The Morgan fingerprint density at radius 1 is 0.673 bits per heavy atom. The fourth-order valence-corrected chi connectivity index (χ4v) is 6.12. The number of hydrogen-bond acceptors (Lipinski definition) is 9. The molecule has 2 aromatic carbocycles. The highest BCUT2D eigenvalue weighted by molar-refractivity contribution is 7.15. The first-order valence-electron chi connectivity index (χ1n) is 16.6. The summed E-state index contributed by atoms with van der Waals surface area (Å²) in [7, 11) is 1.74. The van der Waals surface area contributed by atoms with Crippen molar-refractivity contribution in [1.82, 2.24) is 56.4 Å². The Labute approximate surface area is 302 Å². The smallest absolute Gasteiger partial charge is 0.271 e. The predicted molar refractivity (Wildman–Crippen MR) is 196 cm³/mol. The van der Waals surface area contributed by atoms with E-state index in [4.69, 9.17) is 0 Å². The summed E-state index contributed by atoms with van der Waals surface area (Å²) >= 11 is 1.41. The molecule has 0 aliphatic heterocycles. The maximum absolute atomic E-state index is 13.0. The zero-order valence-electron chi connectivity index (χ0n) is 28.5. The summed E-state index contributed by atoms with van der Waals surface area (Å²) in [6.45, 7) is 3.33. The van der Waals surface area contributed by atoms with Crippen molar-refractivity contribution < 1.29 is 19.2 Å². The number of aromatic amines is 2. The number of H-pyrrole nitrogens is 2. The van der Waals surface area contributed by atoms with Gasteiger partial charge in [-0.05, 0) is 44.0 Å². The van der Waals surface area contributed by atoms with Crippen molar-refractivity contribution in [1.29, 1.82) is 0 Å². The lowest BCUT2D eigenvalue weighted by molar-refractivity contribution is 0.0930. The molecule has 0 saturated heterocycles. The molecule has 0 aliphatic carbocycles. The number of thiazole rings is 1. The normalized spacial score (nSPS) is 10.9. The Morgan fingerprint density at radius 3 is 1.85 bits per heavy atom. The Balaban J connectivity index is 0.949. The van der Waals surface area contributed by atoms with Crippen molar-refractivity contribution in [2.24, 2.45) is 7.05 Å². The lowest BCUT2D eigenvalue weighted by Crippen LogP contribution is -2.30. The van der Waals surface area contributed by atoms with Gasteiger partial charge in [-0.1, -0.05) is 48.5 Å². The first-order valence-corrected chi connectivity index (χ1v) is 17.4. The minimum Gasteiger partial charge on any atom is -0.351 e. The summed E-state index contributed by atoms with van der Waals surface area (Å²) in [6.07, 6.45) is 2.77. The first kappa shape index (κ1) is 35.4. The van der Waals surface area contributed by atoms with E-state index in [1.165, 1.54) is 11.3 Å². The van der Waals surface area contributed by atoms with Crippen LogP contribution in [-0.4, -0.2) is 85.0 Å². The molecule has 6 N–H and O–H groups in total. The van der Waals surface area contributed by atoms with Gasteiger partial charge in [0, 0.05) is 61.0 Å². The number of aromatic nitrogens is 7. The summed E-state index contributed by atoms with van der Waals surface area (Å²) in [5.41, 5.74) is 5.12. The van der Waals surface area contributed by atoms with Gasteiger partial charge < -0.3 is 21.3 Å². The Kier molecular flexibility index (Phi) is 11.3. The number of carbonyl (C=O) groups excluding carboxylic acids is 4. The molecule has 6 rings (SSSR count). The Morgan fingerprint density at radius 2 is 1.23 bits per heavy atom. The van der Waals surface area contributed by atoms with E-state index >= 15 is 0 Å². The first-order chi connectivity index (χ1) is 25.2. The lowest BCUT2D eigenvalue weighted by Gasteiger charge is -2.05. The molecule has 0 fully saturated rings. The molecule has 0 unspecified atom stereocenters. The second-order valence-electron chi connectivity index (χ2n) is 11.8. The van der Waals surface area contributed by atoms with Crippen LogP contribution in [0, 0.1) is 6.92 Å². The molecule has 266 valence electrons. The van der Waals surface area contributed by atoms with E-state index in [9.17, 15) is 19.2 Å². The highest BCUT2D eigenvalue weighted by Gasteiger charge is 2.18. The van der Waals surface area contributed by atoms with Gasteiger partial charge in [0.25, 0.3) is 23.6 Å². The molecule has 4 amide bonds. The standard InChI is InChI=1S/C36H37N11O4S/c1-22-31(35(51)40-17-8-16-39-33(49)29-20-27(42-44-29)23-9-4-3-5-10-23)41-36(52-22)25-12-6-11-24(19-25)28-21-30(45-43-28)34(50)38-15-7-14-37-32(48)26-13-18-47(2)46-26/h3-6,9-13,18-21H,7-8,14-17H2,1-2H3,(H,37,48)(H,38,50)(H,39,49)(H,40,51)(H,42,44)(H,43,45). The average molecular weight is 720 g/mol. The fourth-order valence-electron chi connectivity index (χ4n) is 5.21. The SMILES string of the molecule is Cc1sc(-c2cccc(-c3cc(C(=O)NCCCNC(=O)c4ccn(C)n4)[nH]n3)c2)nc1C(=O)NCCCNC(=O)c1cc(-c2ccccc2)n[nH]1. The van der Waals surface area contributed by atoms with Crippen LogP contribution < -0.4 is 21.3 Å². The van der Waals surface area contributed by atoms with Crippen molar-refractivity contribution in [2.75, 3.05) is 26.2 Å². The minimum atomic E-state index is -0.310. The third-order valence-electron chi connectivity index (χ3n) is 7.93. The largest absolute Gasteiger partial charge is 0.351 e. The van der Waals surface area contributed by atoms with E-state index in [0.29, 0.717) is 78.2 Å². The highest BCUT2D eigenvalue weighted by Crippen LogP contribution is 2.30. The van der Waals surface area contributed by atoms with Gasteiger partial charge in [-0.25, -0.2) is 4.98 Å². The number of carbonyl (C=O) groups is 4.